The van der Waals surface area contributed by atoms with Crippen molar-refractivity contribution in [2.24, 2.45) is 11.8 Å². The molecule has 0 aromatic rings. The molecule has 0 aliphatic carbocycles. The molecule has 0 radical (unpaired) electrons. The maximum Gasteiger partial charge on any atom is 0.285 e. The molecule has 0 aliphatic rings. The number of methoxy groups -OCH3 is 6. The van der Waals surface area contributed by atoms with E-state index in [4.69, 9.17) is 28.4 Å². The Morgan fingerprint density at radius 1 is 0.325 bits per heavy atom. The van der Waals surface area contributed by atoms with E-state index < -0.39 is 11.9 Å². The van der Waals surface area contributed by atoms with Crippen molar-refractivity contribution in [1.82, 2.24) is 0 Å². The zero-order valence-electron chi connectivity index (χ0n) is 28.2. The van der Waals surface area contributed by atoms with Gasteiger partial charge >= 0.3 is 0 Å². The minimum atomic E-state index is -0.946. The molecule has 40 heavy (non-hydrogen) atoms. The maximum atomic E-state index is 5.78. The van der Waals surface area contributed by atoms with Crippen LogP contribution in [-0.2, 0) is 28.4 Å². The summed E-state index contributed by atoms with van der Waals surface area (Å²) in [7, 11) is 10.2. The van der Waals surface area contributed by atoms with Gasteiger partial charge in [-0.25, -0.2) is 0 Å². The van der Waals surface area contributed by atoms with E-state index in [0.29, 0.717) is 0 Å². The highest BCUT2D eigenvalue weighted by Gasteiger charge is 2.40. The second kappa shape index (κ2) is 26.4. The fourth-order valence-electron chi connectivity index (χ4n) is 6.33. The van der Waals surface area contributed by atoms with Crippen LogP contribution in [0.15, 0.2) is 0 Å². The maximum absolute atomic E-state index is 5.78. The van der Waals surface area contributed by atoms with Crippen LogP contribution in [0.4, 0.5) is 0 Å². The van der Waals surface area contributed by atoms with Gasteiger partial charge in [-0.15, -0.1) is 0 Å². The Kier molecular flexibility index (Phi) is 26.2. The zero-order valence-corrected chi connectivity index (χ0v) is 28.2. The zero-order chi connectivity index (χ0) is 30.0. The average molecular weight is 575 g/mol. The van der Waals surface area contributed by atoms with Gasteiger partial charge in [0.25, 0.3) is 11.9 Å². The predicted molar refractivity (Wildman–Crippen MR) is 167 cm³/mol. The molecule has 0 aromatic carbocycles. The Balaban J connectivity index is 4.72. The first-order chi connectivity index (χ1) is 19.5. The lowest BCUT2D eigenvalue weighted by molar-refractivity contribution is -0.381. The molecule has 0 saturated carbocycles. The highest BCUT2D eigenvalue weighted by molar-refractivity contribution is 4.74. The summed E-state index contributed by atoms with van der Waals surface area (Å²) in [5.41, 5.74) is 0. The Labute approximate surface area is 249 Å². The molecule has 0 bridgehead atoms. The summed E-state index contributed by atoms with van der Waals surface area (Å²) >= 11 is 0. The molecule has 0 saturated heterocycles. The van der Waals surface area contributed by atoms with Crippen LogP contribution in [0.1, 0.15) is 155 Å². The first-order valence-electron chi connectivity index (χ1n) is 16.8. The standard InChI is InChI=1S/C34H70O6/c1-9-11-13-15-17-19-23-27-31(33(35-3,36-4)37-5)29-25-21-22-26-30-32(34(38-6,39-7)40-8)28-24-20-18-16-14-12-10-2/h31-32H,9-30H2,1-8H3. The SMILES string of the molecule is CCCCCCCCCC(CCCCCCC(CCCCCCCCC)C(OC)(OC)OC)C(OC)(OC)OC. The van der Waals surface area contributed by atoms with Gasteiger partial charge < -0.3 is 28.4 Å². The number of rotatable bonds is 31. The molecular weight excluding hydrogens is 504 g/mol. The third kappa shape index (κ3) is 15.8. The van der Waals surface area contributed by atoms with Crippen LogP contribution < -0.4 is 0 Å². The van der Waals surface area contributed by atoms with Crippen molar-refractivity contribution >= 4 is 0 Å². The first kappa shape index (κ1) is 39.8. The highest BCUT2D eigenvalue weighted by Crippen LogP contribution is 2.35. The number of hydrogen-bond donors (Lipinski definition) is 0. The topological polar surface area (TPSA) is 55.4 Å². The summed E-state index contributed by atoms with van der Waals surface area (Å²) in [6, 6.07) is 0. The summed E-state index contributed by atoms with van der Waals surface area (Å²) in [6.07, 6.45) is 27.2. The van der Waals surface area contributed by atoms with E-state index in [2.05, 4.69) is 13.8 Å². The van der Waals surface area contributed by atoms with Gasteiger partial charge in [-0.3, -0.25) is 0 Å². The van der Waals surface area contributed by atoms with Gasteiger partial charge in [0.1, 0.15) is 0 Å². The Hall–Kier alpha value is -0.240. The van der Waals surface area contributed by atoms with E-state index in [1.54, 1.807) is 42.7 Å². The molecule has 0 aromatic heterocycles. The van der Waals surface area contributed by atoms with Gasteiger partial charge in [0.2, 0.25) is 0 Å². The van der Waals surface area contributed by atoms with Crippen molar-refractivity contribution in [3.8, 4) is 0 Å². The average Bonchev–Trinajstić information content (AvgIpc) is 2.99. The molecule has 0 rings (SSSR count). The van der Waals surface area contributed by atoms with Gasteiger partial charge in [-0.05, 0) is 25.7 Å². The number of unbranched alkanes of at least 4 members (excludes halogenated alkanes) is 15. The summed E-state index contributed by atoms with van der Waals surface area (Å²) in [5, 5.41) is 0. The molecule has 6 heteroatoms. The third-order valence-corrected chi connectivity index (χ3v) is 8.87. The minimum Gasteiger partial charge on any atom is -0.331 e. The third-order valence-electron chi connectivity index (χ3n) is 8.87. The van der Waals surface area contributed by atoms with Crippen LogP contribution in [0, 0.1) is 11.8 Å². The molecule has 2 atom stereocenters. The molecule has 0 heterocycles. The van der Waals surface area contributed by atoms with E-state index in [0.717, 1.165) is 38.5 Å². The summed E-state index contributed by atoms with van der Waals surface area (Å²) in [6.45, 7) is 4.54. The molecule has 0 spiro atoms. The van der Waals surface area contributed by atoms with Crippen molar-refractivity contribution in [1.29, 1.82) is 0 Å². The van der Waals surface area contributed by atoms with Gasteiger partial charge in [0.05, 0.1) is 0 Å². The molecule has 6 nitrogen and oxygen atoms in total. The van der Waals surface area contributed by atoms with Gasteiger partial charge in [-0.1, -0.05) is 129 Å². The fourth-order valence-corrected chi connectivity index (χ4v) is 6.33. The molecule has 0 amide bonds. The first-order valence-corrected chi connectivity index (χ1v) is 16.8. The fraction of sp³-hybridized carbons (Fsp3) is 1.00. The summed E-state index contributed by atoms with van der Waals surface area (Å²) < 4.78 is 34.7. The molecule has 2 unspecified atom stereocenters. The van der Waals surface area contributed by atoms with Crippen molar-refractivity contribution < 1.29 is 28.4 Å². The lowest BCUT2D eigenvalue weighted by Crippen LogP contribution is -2.44. The van der Waals surface area contributed by atoms with Gasteiger partial charge in [-0.2, -0.15) is 0 Å². The van der Waals surface area contributed by atoms with Gasteiger partial charge in [0.15, 0.2) is 0 Å². The van der Waals surface area contributed by atoms with Crippen LogP contribution >= 0.6 is 0 Å². The molecular formula is C34H70O6. The molecule has 0 N–H and O–H groups in total. The summed E-state index contributed by atoms with van der Waals surface area (Å²) in [5.74, 6) is -1.43. The second-order valence-electron chi connectivity index (χ2n) is 11.6. The van der Waals surface area contributed by atoms with E-state index in [-0.39, 0.29) is 11.8 Å². The van der Waals surface area contributed by atoms with Crippen LogP contribution in [-0.4, -0.2) is 54.6 Å². The lowest BCUT2D eigenvalue weighted by atomic mass is 9.90. The van der Waals surface area contributed by atoms with E-state index in [9.17, 15) is 0 Å². The largest absolute Gasteiger partial charge is 0.331 e. The Bertz CT molecular complexity index is 458. The van der Waals surface area contributed by atoms with E-state index in [1.807, 2.05) is 0 Å². The smallest absolute Gasteiger partial charge is 0.285 e. The van der Waals surface area contributed by atoms with Crippen LogP contribution in [0.25, 0.3) is 0 Å². The molecule has 0 fully saturated rings. The van der Waals surface area contributed by atoms with Gasteiger partial charge in [0, 0.05) is 54.5 Å². The van der Waals surface area contributed by atoms with Crippen LogP contribution in [0.5, 0.6) is 0 Å². The molecule has 242 valence electrons. The van der Waals surface area contributed by atoms with Crippen molar-refractivity contribution in [2.45, 2.75) is 167 Å². The quantitative estimate of drug-likeness (QED) is 0.0606. The lowest BCUT2D eigenvalue weighted by Gasteiger charge is -2.37. The number of ether oxygens (including phenoxy) is 6. The highest BCUT2D eigenvalue weighted by atomic mass is 16.9. The monoisotopic (exact) mass is 575 g/mol. The molecule has 0 aliphatic heterocycles. The van der Waals surface area contributed by atoms with E-state index >= 15 is 0 Å². The van der Waals surface area contributed by atoms with Crippen LogP contribution in [0.2, 0.25) is 0 Å². The van der Waals surface area contributed by atoms with Crippen molar-refractivity contribution in [3.05, 3.63) is 0 Å². The van der Waals surface area contributed by atoms with Crippen molar-refractivity contribution in [2.75, 3.05) is 42.7 Å². The predicted octanol–water partition coefficient (Wildman–Crippen LogP) is 10.0. The van der Waals surface area contributed by atoms with E-state index in [1.165, 1.54) is 103 Å². The Morgan fingerprint density at radius 2 is 0.525 bits per heavy atom. The van der Waals surface area contributed by atoms with Crippen LogP contribution in [0.3, 0.4) is 0 Å². The summed E-state index contributed by atoms with van der Waals surface area (Å²) in [4.78, 5) is 0. The number of hydrogen-bond acceptors (Lipinski definition) is 6. The minimum absolute atomic E-state index is 0.233. The Morgan fingerprint density at radius 3 is 0.725 bits per heavy atom. The van der Waals surface area contributed by atoms with Crippen molar-refractivity contribution in [3.63, 3.8) is 0 Å². The second-order valence-corrected chi connectivity index (χ2v) is 11.6. The normalized spacial score (nSPS) is 14.1.